The van der Waals surface area contributed by atoms with Crippen molar-refractivity contribution < 1.29 is 14.7 Å². The van der Waals surface area contributed by atoms with Crippen molar-refractivity contribution in [2.45, 2.75) is 33.2 Å². The molecular weight excluding hydrogens is 464 g/mol. The number of anilines is 1. The molecule has 0 saturated carbocycles. The number of amides is 3. The van der Waals surface area contributed by atoms with Gasteiger partial charge in [-0.3, -0.25) is 15.2 Å². The summed E-state index contributed by atoms with van der Waals surface area (Å²) in [5.41, 5.74) is 3.94. The summed E-state index contributed by atoms with van der Waals surface area (Å²) < 4.78 is 0. The number of thiazole rings is 1. The second-order valence-corrected chi connectivity index (χ2v) is 10.1. The molecule has 10 heteroatoms. The van der Waals surface area contributed by atoms with E-state index in [4.69, 9.17) is 4.98 Å². The molecule has 0 spiro atoms. The topological polar surface area (TPSA) is 122 Å². The number of hydrogen-bond donors (Lipinski definition) is 2. The fourth-order valence-electron chi connectivity index (χ4n) is 4.32. The number of carbonyl (C=O) groups excluding carboxylic acids is 1. The lowest BCUT2D eigenvalue weighted by molar-refractivity contribution is 0.0410. The first-order chi connectivity index (χ1) is 16.6. The highest BCUT2D eigenvalue weighted by atomic mass is 32.1. The van der Waals surface area contributed by atoms with Gasteiger partial charge in [-0.05, 0) is 57.5 Å². The van der Waals surface area contributed by atoms with Crippen molar-refractivity contribution in [3.8, 4) is 27.8 Å². The maximum atomic E-state index is 13.1. The summed E-state index contributed by atoms with van der Waals surface area (Å²) in [6, 6.07) is 13.0. The van der Waals surface area contributed by atoms with Gasteiger partial charge in [0.15, 0.2) is 5.13 Å². The number of carbonyl (C=O) groups is 2. The van der Waals surface area contributed by atoms with Crippen LogP contribution in [0.15, 0.2) is 36.4 Å². The summed E-state index contributed by atoms with van der Waals surface area (Å²) in [6.07, 6.45) is -0.994. The molecule has 9 nitrogen and oxygen atoms in total. The zero-order valence-electron chi connectivity index (χ0n) is 20.0. The number of urea groups is 1. The van der Waals surface area contributed by atoms with Crippen LogP contribution in [-0.4, -0.2) is 62.2 Å². The number of aromatic nitrogens is 2. The van der Waals surface area contributed by atoms with Crippen LogP contribution in [0.25, 0.3) is 21.7 Å². The Kier molecular flexibility index (Phi) is 6.45. The molecule has 35 heavy (non-hydrogen) atoms. The first-order valence-corrected chi connectivity index (χ1v) is 11.9. The number of nitrogens with one attached hydrogen (secondary N) is 1. The molecule has 2 N–H and O–H groups in total. The van der Waals surface area contributed by atoms with Crippen LogP contribution < -0.4 is 5.32 Å². The third kappa shape index (κ3) is 5.10. The summed E-state index contributed by atoms with van der Waals surface area (Å²) in [5.74, 6) is 0. The van der Waals surface area contributed by atoms with Crippen LogP contribution in [0, 0.1) is 25.2 Å². The van der Waals surface area contributed by atoms with Crippen molar-refractivity contribution >= 4 is 28.6 Å². The van der Waals surface area contributed by atoms with Crippen LogP contribution in [0.3, 0.4) is 0 Å². The van der Waals surface area contributed by atoms with Crippen molar-refractivity contribution in [3.63, 3.8) is 0 Å². The highest BCUT2D eigenvalue weighted by Crippen LogP contribution is 2.40. The molecular formula is C25H26N6O3S. The average Bonchev–Trinajstić information content (AvgIpc) is 3.21. The van der Waals surface area contributed by atoms with Crippen LogP contribution in [0.2, 0.25) is 0 Å². The third-order valence-electron chi connectivity index (χ3n) is 5.87. The standard InChI is InChI=1S/C25H26N6O3S/c1-15-10-19(11-16(2)27-15)21-20(18-7-5-6-17(12-18)13-26)28-22(35-21)29-23(32)30-8-9-31(24(33)34)25(3,4)14-30/h5-7,10-12H,8-9,14H2,1-4H3,(H,33,34)(H,28,29,32). The van der Waals surface area contributed by atoms with E-state index < -0.39 is 11.6 Å². The molecule has 0 radical (unpaired) electrons. The van der Waals surface area contributed by atoms with Gasteiger partial charge < -0.3 is 10.0 Å². The molecule has 2 aromatic heterocycles. The number of carboxylic acid groups (broad SMARTS) is 1. The van der Waals surface area contributed by atoms with Crippen molar-refractivity contribution in [1.82, 2.24) is 19.8 Å². The van der Waals surface area contributed by atoms with Crippen molar-refractivity contribution in [2.24, 2.45) is 0 Å². The lowest BCUT2D eigenvalue weighted by Gasteiger charge is -2.45. The van der Waals surface area contributed by atoms with E-state index in [1.54, 1.807) is 30.9 Å². The summed E-state index contributed by atoms with van der Waals surface area (Å²) in [5, 5.41) is 22.1. The second kappa shape index (κ2) is 9.35. The van der Waals surface area contributed by atoms with Crippen LogP contribution in [0.1, 0.15) is 30.8 Å². The molecule has 3 amide bonds. The first-order valence-electron chi connectivity index (χ1n) is 11.1. The van der Waals surface area contributed by atoms with Gasteiger partial charge in [-0.2, -0.15) is 5.26 Å². The predicted molar refractivity (Wildman–Crippen MR) is 134 cm³/mol. The average molecular weight is 491 g/mol. The van der Waals surface area contributed by atoms with Crippen LogP contribution >= 0.6 is 11.3 Å². The van der Waals surface area contributed by atoms with Gasteiger partial charge in [0.2, 0.25) is 0 Å². The number of aryl methyl sites for hydroxylation is 2. The normalized spacial score (nSPS) is 14.9. The largest absolute Gasteiger partial charge is 0.465 e. The number of rotatable bonds is 3. The molecule has 1 aliphatic rings. The Bertz CT molecular complexity index is 1320. The molecule has 0 aliphatic carbocycles. The monoisotopic (exact) mass is 490 g/mol. The van der Waals surface area contributed by atoms with Gasteiger partial charge in [0.25, 0.3) is 0 Å². The van der Waals surface area contributed by atoms with Gasteiger partial charge in [0.05, 0.1) is 27.7 Å². The van der Waals surface area contributed by atoms with Gasteiger partial charge in [0.1, 0.15) is 0 Å². The van der Waals surface area contributed by atoms with E-state index in [-0.39, 0.29) is 19.1 Å². The number of hydrogen-bond acceptors (Lipinski definition) is 6. The maximum Gasteiger partial charge on any atom is 0.407 e. The van der Waals surface area contributed by atoms with E-state index in [2.05, 4.69) is 16.4 Å². The Morgan fingerprint density at radius 3 is 2.46 bits per heavy atom. The molecule has 1 saturated heterocycles. The highest BCUT2D eigenvalue weighted by Gasteiger charge is 2.38. The number of benzene rings is 1. The van der Waals surface area contributed by atoms with Gasteiger partial charge >= 0.3 is 12.1 Å². The Morgan fingerprint density at radius 2 is 1.83 bits per heavy atom. The zero-order chi connectivity index (χ0) is 25.3. The fourth-order valence-corrected chi connectivity index (χ4v) is 5.28. The lowest BCUT2D eigenvalue weighted by atomic mass is 10.00. The minimum atomic E-state index is -0.994. The molecule has 0 atom stereocenters. The minimum absolute atomic E-state index is 0.237. The van der Waals surface area contributed by atoms with Crippen LogP contribution in [-0.2, 0) is 0 Å². The van der Waals surface area contributed by atoms with Gasteiger partial charge in [-0.25, -0.2) is 14.6 Å². The number of pyridine rings is 1. The molecule has 180 valence electrons. The van der Waals surface area contributed by atoms with E-state index in [1.807, 2.05) is 38.1 Å². The van der Waals surface area contributed by atoms with E-state index in [1.165, 1.54) is 16.2 Å². The van der Waals surface area contributed by atoms with Crippen LogP contribution in [0.4, 0.5) is 14.7 Å². The highest BCUT2D eigenvalue weighted by molar-refractivity contribution is 7.19. The molecule has 3 heterocycles. The lowest BCUT2D eigenvalue weighted by Crippen LogP contribution is -2.62. The van der Waals surface area contributed by atoms with Gasteiger partial charge in [-0.15, -0.1) is 0 Å². The van der Waals surface area contributed by atoms with E-state index >= 15 is 0 Å². The van der Waals surface area contributed by atoms with Crippen molar-refractivity contribution in [1.29, 1.82) is 5.26 Å². The molecule has 4 rings (SSSR count). The molecule has 1 aromatic carbocycles. The van der Waals surface area contributed by atoms with E-state index in [9.17, 15) is 20.0 Å². The Labute approximate surface area is 207 Å². The van der Waals surface area contributed by atoms with Crippen molar-refractivity contribution in [3.05, 3.63) is 53.3 Å². The summed E-state index contributed by atoms with van der Waals surface area (Å²) in [7, 11) is 0. The fraction of sp³-hybridized carbons (Fsp3) is 0.320. The maximum absolute atomic E-state index is 13.1. The molecule has 3 aromatic rings. The number of nitrogens with zero attached hydrogens (tertiary/aromatic N) is 5. The first kappa shape index (κ1) is 24.2. The summed E-state index contributed by atoms with van der Waals surface area (Å²) in [4.78, 5) is 37.6. The third-order valence-corrected chi connectivity index (χ3v) is 6.89. The van der Waals surface area contributed by atoms with E-state index in [0.29, 0.717) is 22.9 Å². The van der Waals surface area contributed by atoms with Gasteiger partial charge in [-0.1, -0.05) is 23.5 Å². The molecule has 0 unspecified atom stereocenters. The molecule has 0 bridgehead atoms. The minimum Gasteiger partial charge on any atom is -0.465 e. The number of nitriles is 1. The smallest absolute Gasteiger partial charge is 0.407 e. The zero-order valence-corrected chi connectivity index (χ0v) is 20.8. The Morgan fingerprint density at radius 1 is 1.11 bits per heavy atom. The predicted octanol–water partition coefficient (Wildman–Crippen LogP) is 4.97. The SMILES string of the molecule is Cc1cc(-c2sc(NC(=O)N3CCN(C(=O)O)C(C)(C)C3)nc2-c2cccc(C#N)c2)cc(C)n1. The van der Waals surface area contributed by atoms with E-state index in [0.717, 1.165) is 27.4 Å². The molecule has 1 aliphatic heterocycles. The summed E-state index contributed by atoms with van der Waals surface area (Å²) >= 11 is 1.35. The Hall–Kier alpha value is -3.97. The van der Waals surface area contributed by atoms with Crippen LogP contribution in [0.5, 0.6) is 0 Å². The molecule has 1 fully saturated rings. The van der Waals surface area contributed by atoms with Gasteiger partial charge in [0, 0.05) is 36.6 Å². The Balaban J connectivity index is 1.67. The summed E-state index contributed by atoms with van der Waals surface area (Å²) in [6.45, 7) is 8.25. The number of piperazine rings is 1. The van der Waals surface area contributed by atoms with Crippen molar-refractivity contribution in [2.75, 3.05) is 25.0 Å². The second-order valence-electron chi connectivity index (χ2n) is 9.13. The quantitative estimate of drug-likeness (QED) is 0.535.